The van der Waals surface area contributed by atoms with Gasteiger partial charge in [0.2, 0.25) is 0 Å². The van der Waals surface area contributed by atoms with E-state index in [4.69, 9.17) is 4.52 Å². The lowest BCUT2D eigenvalue weighted by Crippen LogP contribution is -2.34. The van der Waals surface area contributed by atoms with Crippen molar-refractivity contribution in [2.45, 2.75) is 38.4 Å². The van der Waals surface area contributed by atoms with Crippen LogP contribution in [0.1, 0.15) is 41.7 Å². The molecule has 0 spiro atoms. The van der Waals surface area contributed by atoms with Crippen LogP contribution < -0.4 is 0 Å². The molecule has 8 heteroatoms. The first-order valence-corrected chi connectivity index (χ1v) is 7.58. The Labute approximate surface area is 132 Å². The van der Waals surface area contributed by atoms with Gasteiger partial charge in [-0.1, -0.05) is 5.16 Å². The normalized spacial score (nSPS) is 20.1. The lowest BCUT2D eigenvalue weighted by Gasteiger charge is -2.31. The number of aryl methyl sites for hydroxylation is 2. The van der Waals surface area contributed by atoms with Gasteiger partial charge in [0.25, 0.3) is 0 Å². The van der Waals surface area contributed by atoms with E-state index in [9.17, 15) is 13.2 Å². The largest absolute Gasteiger partial charge is 0.434 e. The molecule has 0 aliphatic carbocycles. The maximum Gasteiger partial charge on any atom is 0.434 e. The third-order valence-electron chi connectivity index (χ3n) is 4.13. The summed E-state index contributed by atoms with van der Waals surface area (Å²) in [6.45, 7) is 4.04. The summed E-state index contributed by atoms with van der Waals surface area (Å²) in [6.07, 6.45) is -1.57. The van der Waals surface area contributed by atoms with Crippen molar-refractivity contribution in [1.82, 2.24) is 19.6 Å². The first-order chi connectivity index (χ1) is 10.8. The quantitative estimate of drug-likeness (QED) is 0.868. The maximum absolute atomic E-state index is 12.8. The smallest absolute Gasteiger partial charge is 0.360 e. The maximum atomic E-state index is 12.8. The van der Waals surface area contributed by atoms with Crippen molar-refractivity contribution >= 4 is 0 Å². The molecule has 1 saturated heterocycles. The van der Waals surface area contributed by atoms with Crippen molar-refractivity contribution in [1.29, 1.82) is 0 Å². The molecule has 3 heterocycles. The summed E-state index contributed by atoms with van der Waals surface area (Å²) in [5.74, 6) is 1.27. The zero-order valence-electron chi connectivity index (χ0n) is 13.1. The van der Waals surface area contributed by atoms with Crippen molar-refractivity contribution in [2.24, 2.45) is 7.05 Å². The van der Waals surface area contributed by atoms with Crippen LogP contribution in [-0.4, -0.2) is 32.7 Å². The molecule has 5 nitrogen and oxygen atoms in total. The molecule has 0 radical (unpaired) electrons. The molecule has 0 unspecified atom stereocenters. The molecule has 0 bridgehead atoms. The Bertz CT molecular complexity index is 677. The summed E-state index contributed by atoms with van der Waals surface area (Å²) in [7, 11) is 1.62. The highest BCUT2D eigenvalue weighted by Crippen LogP contribution is 2.32. The van der Waals surface area contributed by atoms with Crippen molar-refractivity contribution in [3.05, 3.63) is 35.2 Å². The molecule has 1 aliphatic rings. The number of halogens is 3. The van der Waals surface area contributed by atoms with Gasteiger partial charge in [0.05, 0.1) is 12.2 Å². The van der Waals surface area contributed by atoms with Crippen molar-refractivity contribution in [3.8, 4) is 0 Å². The van der Waals surface area contributed by atoms with Gasteiger partial charge in [-0.25, -0.2) is 4.98 Å². The molecule has 0 aromatic carbocycles. The Hall–Kier alpha value is -1.83. The second-order valence-corrected chi connectivity index (χ2v) is 6.10. The number of imidazole rings is 1. The third kappa shape index (κ3) is 3.57. The van der Waals surface area contributed by atoms with Crippen LogP contribution in [0.5, 0.6) is 0 Å². The van der Waals surface area contributed by atoms with E-state index < -0.39 is 11.9 Å². The number of hydrogen-bond acceptors (Lipinski definition) is 4. The molecule has 3 rings (SSSR count). The van der Waals surface area contributed by atoms with E-state index >= 15 is 0 Å². The van der Waals surface area contributed by atoms with Gasteiger partial charge >= 0.3 is 6.18 Å². The monoisotopic (exact) mass is 328 g/mol. The van der Waals surface area contributed by atoms with Gasteiger partial charge in [-0.05, 0) is 26.3 Å². The zero-order chi connectivity index (χ0) is 16.6. The number of aromatic nitrogens is 3. The molecule has 1 fully saturated rings. The first-order valence-electron chi connectivity index (χ1n) is 7.58. The lowest BCUT2D eigenvalue weighted by molar-refractivity contribution is -0.141. The molecular formula is C15H19F3N4O. The highest BCUT2D eigenvalue weighted by atomic mass is 19.4. The molecular weight excluding hydrogens is 309 g/mol. The van der Waals surface area contributed by atoms with Gasteiger partial charge in [0, 0.05) is 31.8 Å². The van der Waals surface area contributed by atoms with Crippen LogP contribution in [0.25, 0.3) is 0 Å². The number of hydrogen-bond donors (Lipinski definition) is 0. The minimum absolute atomic E-state index is 0.00568. The van der Waals surface area contributed by atoms with Gasteiger partial charge < -0.3 is 9.09 Å². The van der Waals surface area contributed by atoms with Crippen molar-refractivity contribution < 1.29 is 17.7 Å². The van der Waals surface area contributed by atoms with Crippen LogP contribution in [0.2, 0.25) is 0 Å². The van der Waals surface area contributed by atoms with E-state index in [1.807, 2.05) is 13.0 Å². The standard InChI is InChI=1S/C15H19F3N4O/c1-10-6-12(23-20-10)8-22-5-3-4-11(7-22)14-19-13(9-21(14)2)15(16,17)18/h6,9,11H,3-5,7-8H2,1-2H3/t11-/m1/s1. The first kappa shape index (κ1) is 16.0. The van der Waals surface area contributed by atoms with Gasteiger partial charge in [-0.15, -0.1) is 0 Å². The molecule has 1 atom stereocenters. The summed E-state index contributed by atoms with van der Waals surface area (Å²) in [4.78, 5) is 6.00. The Morgan fingerprint density at radius 3 is 2.78 bits per heavy atom. The van der Waals surface area contributed by atoms with Gasteiger partial charge in [0.1, 0.15) is 5.82 Å². The predicted octanol–water partition coefficient (Wildman–Crippen LogP) is 3.11. The predicted molar refractivity (Wildman–Crippen MR) is 76.7 cm³/mol. The highest BCUT2D eigenvalue weighted by Gasteiger charge is 2.36. The lowest BCUT2D eigenvalue weighted by atomic mass is 9.97. The summed E-state index contributed by atoms with van der Waals surface area (Å²) in [5.41, 5.74) is 0.00506. The number of piperidine rings is 1. The van der Waals surface area contributed by atoms with Crippen LogP contribution in [0, 0.1) is 6.92 Å². The summed E-state index contributed by atoms with van der Waals surface area (Å²) >= 11 is 0. The molecule has 23 heavy (non-hydrogen) atoms. The van der Waals surface area contributed by atoms with Gasteiger partial charge in [0.15, 0.2) is 11.5 Å². The SMILES string of the molecule is Cc1cc(CN2CCC[C@@H](c3nc(C(F)(F)F)cn3C)C2)on1. The van der Waals surface area contributed by atoms with E-state index in [0.29, 0.717) is 18.9 Å². The minimum atomic E-state index is -4.40. The molecule has 2 aromatic heterocycles. The molecule has 0 amide bonds. The fraction of sp³-hybridized carbons (Fsp3) is 0.600. The molecule has 0 saturated carbocycles. The topological polar surface area (TPSA) is 47.1 Å². The van der Waals surface area contributed by atoms with Crippen LogP contribution in [0.4, 0.5) is 13.2 Å². The summed E-state index contributed by atoms with van der Waals surface area (Å²) in [6, 6.07) is 1.88. The third-order valence-corrected chi connectivity index (χ3v) is 4.13. The van der Waals surface area contributed by atoms with Crippen LogP contribution in [-0.2, 0) is 19.8 Å². The van der Waals surface area contributed by atoms with Crippen LogP contribution in [0.3, 0.4) is 0 Å². The van der Waals surface area contributed by atoms with Crippen molar-refractivity contribution in [3.63, 3.8) is 0 Å². The Balaban J connectivity index is 1.72. The number of alkyl halides is 3. The Morgan fingerprint density at radius 2 is 2.17 bits per heavy atom. The average Bonchev–Trinajstić information content (AvgIpc) is 3.05. The minimum Gasteiger partial charge on any atom is -0.360 e. The number of rotatable bonds is 3. The van der Waals surface area contributed by atoms with E-state index in [1.165, 1.54) is 4.57 Å². The Morgan fingerprint density at radius 1 is 1.39 bits per heavy atom. The van der Waals surface area contributed by atoms with Gasteiger partial charge in [-0.2, -0.15) is 13.2 Å². The Kier molecular flexibility index (Phi) is 4.18. The second kappa shape index (κ2) is 5.99. The van der Waals surface area contributed by atoms with E-state index in [1.54, 1.807) is 7.05 Å². The highest BCUT2D eigenvalue weighted by molar-refractivity contribution is 5.12. The van der Waals surface area contributed by atoms with E-state index in [0.717, 1.165) is 37.0 Å². The zero-order valence-corrected chi connectivity index (χ0v) is 13.1. The number of likely N-dealkylation sites (tertiary alicyclic amines) is 1. The van der Waals surface area contributed by atoms with Gasteiger partial charge in [-0.3, -0.25) is 4.90 Å². The average molecular weight is 328 g/mol. The fourth-order valence-corrected chi connectivity index (χ4v) is 3.12. The summed E-state index contributed by atoms with van der Waals surface area (Å²) < 4.78 is 45.1. The second-order valence-electron chi connectivity index (χ2n) is 6.10. The number of nitrogens with zero attached hydrogens (tertiary/aromatic N) is 4. The molecule has 1 aliphatic heterocycles. The summed E-state index contributed by atoms with van der Waals surface area (Å²) in [5, 5.41) is 3.86. The van der Waals surface area contributed by atoms with Crippen LogP contribution >= 0.6 is 0 Å². The molecule has 0 N–H and O–H groups in total. The van der Waals surface area contributed by atoms with E-state index in [2.05, 4.69) is 15.0 Å². The fourth-order valence-electron chi connectivity index (χ4n) is 3.12. The van der Waals surface area contributed by atoms with Crippen LogP contribution in [0.15, 0.2) is 16.8 Å². The molecule has 2 aromatic rings. The molecule has 126 valence electrons. The van der Waals surface area contributed by atoms with Crippen molar-refractivity contribution in [2.75, 3.05) is 13.1 Å². The van der Waals surface area contributed by atoms with E-state index in [-0.39, 0.29) is 5.92 Å².